The number of aromatic nitrogens is 2. The second-order valence-electron chi connectivity index (χ2n) is 2.53. The van der Waals surface area contributed by atoms with E-state index in [9.17, 15) is 18.0 Å². The van der Waals surface area contributed by atoms with E-state index in [4.69, 9.17) is 0 Å². The van der Waals surface area contributed by atoms with Crippen molar-refractivity contribution in [1.82, 2.24) is 10.2 Å². The summed E-state index contributed by atoms with van der Waals surface area (Å²) in [6.07, 6.45) is -4.33. The van der Waals surface area contributed by atoms with Crippen molar-refractivity contribution in [3.63, 3.8) is 0 Å². The average Bonchev–Trinajstić information content (AvgIpc) is 2.51. The number of rotatable bonds is 1. The Morgan fingerprint density at radius 2 is 2.19 bits per heavy atom. The van der Waals surface area contributed by atoms with Crippen LogP contribution in [0.2, 0.25) is 0 Å². The van der Waals surface area contributed by atoms with Gasteiger partial charge in [0.1, 0.15) is 10.3 Å². The molecule has 1 N–H and O–H groups in total. The fraction of sp³-hybridized carbons (Fsp3) is 0.500. The quantitative estimate of drug-likeness (QED) is 0.812. The number of carbonyl (C=O) groups excluding carboxylic acids is 1. The summed E-state index contributed by atoms with van der Waals surface area (Å²) >= 11 is 2.78. The lowest BCUT2D eigenvalue weighted by atomic mass is 10.4. The number of nitrogens with zero attached hydrogens (tertiary/aromatic N) is 1. The fourth-order valence-electron chi connectivity index (χ4n) is 0.646. The molecule has 0 fully saturated rings. The van der Waals surface area contributed by atoms with Gasteiger partial charge in [-0.15, -0.1) is 0 Å². The molecule has 0 saturated heterocycles. The van der Waals surface area contributed by atoms with Crippen molar-refractivity contribution >= 4 is 21.9 Å². The first kappa shape index (κ1) is 14.9. The zero-order valence-corrected chi connectivity index (χ0v) is 10.1. The highest BCUT2D eigenvalue weighted by Crippen LogP contribution is 2.28. The fourth-order valence-corrected chi connectivity index (χ4v) is 0.963. The van der Waals surface area contributed by atoms with E-state index in [1.165, 1.54) is 6.92 Å². The van der Waals surface area contributed by atoms with Gasteiger partial charge in [0.2, 0.25) is 0 Å². The molecule has 4 nitrogen and oxygen atoms in total. The molecule has 0 unspecified atom stereocenters. The molecular weight excluding hydrogens is 293 g/mol. The highest BCUT2D eigenvalue weighted by Gasteiger charge is 2.32. The summed E-state index contributed by atoms with van der Waals surface area (Å²) < 4.78 is 39.7. The second-order valence-corrected chi connectivity index (χ2v) is 3.34. The number of ether oxygens (including phenoxy) is 1. The van der Waals surface area contributed by atoms with Crippen molar-refractivity contribution < 1.29 is 22.7 Å². The van der Waals surface area contributed by atoms with Gasteiger partial charge in [0, 0.05) is 13.0 Å². The van der Waals surface area contributed by atoms with E-state index in [2.05, 4.69) is 25.8 Å². The molecule has 0 aliphatic carbocycles. The molecule has 1 aromatic heterocycles. The number of aromatic amines is 1. The lowest BCUT2D eigenvalue weighted by molar-refractivity contribution is -0.141. The maximum atomic E-state index is 11.7. The summed E-state index contributed by atoms with van der Waals surface area (Å²) in [6, 6.07) is 0.875. The molecule has 0 saturated carbocycles. The van der Waals surface area contributed by atoms with E-state index < -0.39 is 11.9 Å². The standard InChI is InChI=1S/C4H2BrF3N2.C4H8O2/c5-3-1-2(9-10-3)4(6,7)8;1-3-6-4(2)5/h1H,(H,9,10);3H2,1-2H3. The van der Waals surface area contributed by atoms with Gasteiger partial charge in [0.25, 0.3) is 0 Å². The van der Waals surface area contributed by atoms with E-state index in [0.717, 1.165) is 6.07 Å². The Balaban J connectivity index is 0.000000325. The van der Waals surface area contributed by atoms with E-state index in [-0.39, 0.29) is 10.6 Å². The minimum Gasteiger partial charge on any atom is -0.466 e. The van der Waals surface area contributed by atoms with Gasteiger partial charge in [-0.25, -0.2) is 0 Å². The van der Waals surface area contributed by atoms with Gasteiger partial charge in [-0.05, 0) is 22.9 Å². The zero-order valence-electron chi connectivity index (χ0n) is 8.56. The summed E-state index contributed by atoms with van der Waals surface area (Å²) in [5, 5.41) is 5.08. The highest BCUT2D eigenvalue weighted by molar-refractivity contribution is 9.10. The van der Waals surface area contributed by atoms with Crippen LogP contribution >= 0.6 is 15.9 Å². The Morgan fingerprint density at radius 1 is 1.62 bits per heavy atom. The van der Waals surface area contributed by atoms with Crippen LogP contribution in [0.4, 0.5) is 13.2 Å². The smallest absolute Gasteiger partial charge is 0.432 e. The Hall–Kier alpha value is -1.05. The van der Waals surface area contributed by atoms with Gasteiger partial charge in [-0.2, -0.15) is 18.3 Å². The topological polar surface area (TPSA) is 55.0 Å². The summed E-state index contributed by atoms with van der Waals surface area (Å²) in [6.45, 7) is 3.65. The van der Waals surface area contributed by atoms with Crippen molar-refractivity contribution in [2.24, 2.45) is 0 Å². The predicted molar refractivity (Wildman–Crippen MR) is 53.6 cm³/mol. The molecule has 0 aromatic carbocycles. The Labute approximate surface area is 98.3 Å². The van der Waals surface area contributed by atoms with Gasteiger partial charge in [0.05, 0.1) is 6.61 Å². The number of hydrogen-bond donors (Lipinski definition) is 1. The van der Waals surface area contributed by atoms with E-state index in [0.29, 0.717) is 6.61 Å². The summed E-state index contributed by atoms with van der Waals surface area (Å²) in [7, 11) is 0. The molecule has 0 atom stereocenters. The van der Waals surface area contributed by atoms with Crippen LogP contribution in [-0.2, 0) is 15.7 Å². The van der Waals surface area contributed by atoms with Gasteiger partial charge >= 0.3 is 12.1 Å². The first-order chi connectivity index (χ1) is 7.27. The molecule has 1 heterocycles. The maximum Gasteiger partial charge on any atom is 0.432 e. The van der Waals surface area contributed by atoms with Crippen molar-refractivity contribution in [2.75, 3.05) is 6.61 Å². The van der Waals surface area contributed by atoms with Gasteiger partial charge < -0.3 is 4.74 Å². The molecule has 92 valence electrons. The molecule has 1 rings (SSSR count). The molecule has 8 heteroatoms. The molecule has 16 heavy (non-hydrogen) atoms. The number of carbonyl (C=O) groups is 1. The Kier molecular flexibility index (Phi) is 6.09. The third kappa shape index (κ3) is 6.44. The monoisotopic (exact) mass is 302 g/mol. The number of halogens is 4. The average molecular weight is 303 g/mol. The van der Waals surface area contributed by atoms with Crippen molar-refractivity contribution in [1.29, 1.82) is 0 Å². The highest BCUT2D eigenvalue weighted by atomic mass is 79.9. The normalized spacial score (nSPS) is 10.4. The summed E-state index contributed by atoms with van der Waals surface area (Å²) in [5.74, 6) is -0.211. The minimum atomic E-state index is -4.33. The van der Waals surface area contributed by atoms with Crippen LogP contribution in [-0.4, -0.2) is 22.8 Å². The van der Waals surface area contributed by atoms with Gasteiger partial charge in [-0.3, -0.25) is 9.89 Å². The molecule has 1 aromatic rings. The lowest BCUT2D eigenvalue weighted by Gasteiger charge is -1.99. The number of H-pyrrole nitrogens is 1. The third-order valence-electron chi connectivity index (χ3n) is 1.20. The predicted octanol–water partition coefficient (Wildman–Crippen LogP) is 2.76. The van der Waals surface area contributed by atoms with Crippen LogP contribution in [0.3, 0.4) is 0 Å². The van der Waals surface area contributed by atoms with E-state index in [1.54, 1.807) is 6.92 Å². The van der Waals surface area contributed by atoms with Crippen molar-refractivity contribution in [2.45, 2.75) is 20.0 Å². The van der Waals surface area contributed by atoms with Crippen LogP contribution in [0, 0.1) is 0 Å². The summed E-state index contributed by atoms with van der Waals surface area (Å²) in [5.41, 5.74) is -0.848. The number of hydrogen-bond acceptors (Lipinski definition) is 3. The number of nitrogens with one attached hydrogen (secondary N) is 1. The molecule has 0 amide bonds. The summed E-state index contributed by atoms with van der Waals surface area (Å²) in [4.78, 5) is 9.82. The Bertz CT molecular complexity index is 338. The van der Waals surface area contributed by atoms with Crippen LogP contribution in [0.5, 0.6) is 0 Å². The van der Waals surface area contributed by atoms with E-state index in [1.807, 2.05) is 5.10 Å². The number of esters is 1. The molecule has 0 radical (unpaired) electrons. The zero-order chi connectivity index (χ0) is 12.8. The maximum absolute atomic E-state index is 11.7. The van der Waals surface area contributed by atoms with E-state index >= 15 is 0 Å². The minimum absolute atomic E-state index is 0.153. The Morgan fingerprint density at radius 3 is 2.31 bits per heavy atom. The van der Waals surface area contributed by atoms with Gasteiger partial charge in [-0.1, -0.05) is 0 Å². The lowest BCUT2D eigenvalue weighted by Crippen LogP contribution is -2.04. The SMILES string of the molecule is CCOC(C)=O.FC(F)(F)c1cc(Br)n[nH]1. The molecular formula is C8H10BrF3N2O2. The molecule has 0 spiro atoms. The van der Waals surface area contributed by atoms with Crippen LogP contribution < -0.4 is 0 Å². The van der Waals surface area contributed by atoms with Gasteiger partial charge in [0.15, 0.2) is 0 Å². The first-order valence-electron chi connectivity index (χ1n) is 4.18. The molecule has 0 bridgehead atoms. The molecule has 0 aliphatic rings. The second kappa shape index (κ2) is 6.51. The van der Waals surface area contributed by atoms with Crippen LogP contribution in [0.15, 0.2) is 10.7 Å². The third-order valence-corrected chi connectivity index (χ3v) is 1.61. The molecule has 0 aliphatic heterocycles. The van der Waals surface area contributed by atoms with Crippen LogP contribution in [0.1, 0.15) is 19.5 Å². The van der Waals surface area contributed by atoms with Crippen LogP contribution in [0.25, 0.3) is 0 Å². The largest absolute Gasteiger partial charge is 0.466 e. The van der Waals surface area contributed by atoms with Crippen molar-refractivity contribution in [3.8, 4) is 0 Å². The van der Waals surface area contributed by atoms with Crippen molar-refractivity contribution in [3.05, 3.63) is 16.4 Å². The first-order valence-corrected chi connectivity index (χ1v) is 4.98. The number of alkyl halides is 3.